The minimum atomic E-state index is 0.226. The molecule has 0 unspecified atom stereocenters. The van der Waals surface area contributed by atoms with Gasteiger partial charge in [0.25, 0.3) is 0 Å². The summed E-state index contributed by atoms with van der Waals surface area (Å²) in [6, 6.07) is 0.681. The van der Waals surface area contributed by atoms with E-state index in [9.17, 15) is 4.79 Å². The van der Waals surface area contributed by atoms with Crippen LogP contribution in [0.5, 0.6) is 0 Å². The molecule has 18 heavy (non-hydrogen) atoms. The van der Waals surface area contributed by atoms with Crippen molar-refractivity contribution in [3.63, 3.8) is 0 Å². The van der Waals surface area contributed by atoms with Crippen molar-refractivity contribution in [2.45, 2.75) is 51.0 Å². The quantitative estimate of drug-likeness (QED) is 0.749. The Labute approximate surface area is 111 Å². The molecule has 1 fully saturated rings. The van der Waals surface area contributed by atoms with Crippen molar-refractivity contribution in [2.24, 2.45) is 5.73 Å². The third-order valence-electron chi connectivity index (χ3n) is 3.85. The second-order valence-corrected chi connectivity index (χ2v) is 5.51. The number of nitrogens with two attached hydrogens (primary N) is 1. The van der Waals surface area contributed by atoms with Crippen LogP contribution in [0.2, 0.25) is 0 Å². The lowest BCUT2D eigenvalue weighted by Gasteiger charge is -2.34. The minimum absolute atomic E-state index is 0.226. The fourth-order valence-electron chi connectivity index (χ4n) is 2.68. The van der Waals surface area contributed by atoms with Gasteiger partial charge in [-0.1, -0.05) is 19.3 Å². The molecule has 0 aliphatic heterocycles. The first-order valence-corrected chi connectivity index (χ1v) is 7.29. The number of rotatable bonds is 7. The number of hydrogen-bond acceptors (Lipinski definition) is 3. The van der Waals surface area contributed by atoms with Gasteiger partial charge in [-0.2, -0.15) is 0 Å². The summed E-state index contributed by atoms with van der Waals surface area (Å²) in [5.74, 6) is 0.226. The van der Waals surface area contributed by atoms with E-state index in [0.29, 0.717) is 12.5 Å². The Bertz CT molecular complexity index is 237. The molecule has 0 heterocycles. The summed E-state index contributed by atoms with van der Waals surface area (Å²) in [5.41, 5.74) is 5.61. The molecule has 0 bridgehead atoms. The maximum atomic E-state index is 11.7. The highest BCUT2D eigenvalue weighted by molar-refractivity contribution is 5.75. The van der Waals surface area contributed by atoms with Crippen molar-refractivity contribution >= 4 is 5.91 Å². The summed E-state index contributed by atoms with van der Waals surface area (Å²) in [6.45, 7) is 2.68. The zero-order chi connectivity index (χ0) is 13.4. The molecule has 4 nitrogen and oxygen atoms in total. The van der Waals surface area contributed by atoms with Gasteiger partial charge in [0, 0.05) is 33.1 Å². The predicted octanol–water partition coefficient (Wildman–Crippen LogP) is 1.45. The van der Waals surface area contributed by atoms with Gasteiger partial charge in [0.15, 0.2) is 0 Å². The monoisotopic (exact) mass is 255 g/mol. The molecule has 2 N–H and O–H groups in total. The van der Waals surface area contributed by atoms with Crippen molar-refractivity contribution in [3.05, 3.63) is 0 Å². The molecule has 0 aromatic carbocycles. The normalized spacial score (nSPS) is 17.1. The van der Waals surface area contributed by atoms with Crippen molar-refractivity contribution in [3.8, 4) is 0 Å². The van der Waals surface area contributed by atoms with Crippen LogP contribution in [-0.4, -0.2) is 55.5 Å². The molecule has 1 aliphatic rings. The lowest BCUT2D eigenvalue weighted by molar-refractivity contribution is -0.129. The van der Waals surface area contributed by atoms with E-state index >= 15 is 0 Å². The molecule has 0 spiro atoms. The maximum absolute atomic E-state index is 11.7. The number of carbonyl (C=O) groups excluding carboxylic acids is 1. The highest BCUT2D eigenvalue weighted by Crippen LogP contribution is 2.22. The van der Waals surface area contributed by atoms with Crippen LogP contribution in [0.4, 0.5) is 0 Å². The summed E-state index contributed by atoms with van der Waals surface area (Å²) in [7, 11) is 3.65. The topological polar surface area (TPSA) is 49.6 Å². The second kappa shape index (κ2) is 8.48. The third-order valence-corrected chi connectivity index (χ3v) is 3.85. The Morgan fingerprint density at radius 2 is 1.83 bits per heavy atom. The molecule has 106 valence electrons. The molecule has 4 heteroatoms. The molecule has 1 rings (SSSR count). The van der Waals surface area contributed by atoms with E-state index in [1.807, 2.05) is 14.1 Å². The fraction of sp³-hybridized carbons (Fsp3) is 0.929. The van der Waals surface area contributed by atoms with Crippen molar-refractivity contribution < 1.29 is 4.79 Å². The molecule has 0 saturated heterocycles. The predicted molar refractivity (Wildman–Crippen MR) is 75.4 cm³/mol. The number of carbonyl (C=O) groups is 1. The molecule has 1 aliphatic carbocycles. The number of hydrogen-bond donors (Lipinski definition) is 1. The Morgan fingerprint density at radius 1 is 1.17 bits per heavy atom. The maximum Gasteiger partial charge on any atom is 0.223 e. The Balaban J connectivity index is 2.41. The highest BCUT2D eigenvalue weighted by atomic mass is 16.2. The number of amides is 1. The van der Waals surface area contributed by atoms with Crippen LogP contribution in [0, 0.1) is 0 Å². The van der Waals surface area contributed by atoms with Gasteiger partial charge in [0.2, 0.25) is 5.91 Å². The van der Waals surface area contributed by atoms with Gasteiger partial charge in [0.05, 0.1) is 0 Å². The van der Waals surface area contributed by atoms with E-state index in [1.54, 1.807) is 4.90 Å². The van der Waals surface area contributed by atoms with Crippen LogP contribution >= 0.6 is 0 Å². The van der Waals surface area contributed by atoms with E-state index < -0.39 is 0 Å². The summed E-state index contributed by atoms with van der Waals surface area (Å²) in [4.78, 5) is 15.9. The molecular formula is C14H29N3O. The molecule has 0 aromatic rings. The summed E-state index contributed by atoms with van der Waals surface area (Å²) >= 11 is 0. The zero-order valence-corrected chi connectivity index (χ0v) is 12.0. The van der Waals surface area contributed by atoms with E-state index in [0.717, 1.165) is 26.1 Å². The molecule has 0 atom stereocenters. The van der Waals surface area contributed by atoms with Crippen LogP contribution in [-0.2, 0) is 4.79 Å². The van der Waals surface area contributed by atoms with Crippen LogP contribution in [0.3, 0.4) is 0 Å². The largest absolute Gasteiger partial charge is 0.349 e. The van der Waals surface area contributed by atoms with Crippen LogP contribution in [0.25, 0.3) is 0 Å². The second-order valence-electron chi connectivity index (χ2n) is 5.51. The molecular weight excluding hydrogens is 226 g/mol. The third kappa shape index (κ3) is 5.36. The fourth-order valence-corrected chi connectivity index (χ4v) is 2.68. The van der Waals surface area contributed by atoms with E-state index in [1.165, 1.54) is 32.1 Å². The lowest BCUT2D eigenvalue weighted by Crippen LogP contribution is -2.40. The lowest BCUT2D eigenvalue weighted by atomic mass is 9.94. The summed E-state index contributed by atoms with van der Waals surface area (Å²) < 4.78 is 0. The smallest absolute Gasteiger partial charge is 0.223 e. The summed E-state index contributed by atoms with van der Waals surface area (Å²) in [5, 5.41) is 0. The highest BCUT2D eigenvalue weighted by Gasteiger charge is 2.21. The van der Waals surface area contributed by atoms with Gasteiger partial charge in [-0.15, -0.1) is 0 Å². The van der Waals surface area contributed by atoms with Gasteiger partial charge < -0.3 is 10.6 Å². The van der Waals surface area contributed by atoms with Crippen LogP contribution in [0.1, 0.15) is 44.9 Å². The van der Waals surface area contributed by atoms with Crippen molar-refractivity contribution in [2.75, 3.05) is 33.7 Å². The summed E-state index contributed by atoms with van der Waals surface area (Å²) in [6.07, 6.45) is 8.30. The minimum Gasteiger partial charge on any atom is -0.349 e. The number of nitrogens with zero attached hydrogens (tertiary/aromatic N) is 2. The van der Waals surface area contributed by atoms with Crippen molar-refractivity contribution in [1.29, 1.82) is 0 Å². The Morgan fingerprint density at radius 3 is 2.39 bits per heavy atom. The van der Waals surface area contributed by atoms with E-state index in [4.69, 9.17) is 5.73 Å². The first-order chi connectivity index (χ1) is 8.65. The molecule has 1 amide bonds. The average Bonchev–Trinajstić information content (AvgIpc) is 2.39. The molecule has 0 radical (unpaired) electrons. The zero-order valence-electron chi connectivity index (χ0n) is 12.0. The van der Waals surface area contributed by atoms with E-state index in [-0.39, 0.29) is 5.91 Å². The SMILES string of the molecule is CN(C)C(=O)CCN(CCCN)C1CCCCC1. The standard InChI is InChI=1S/C14H29N3O/c1-16(2)14(18)9-12-17(11-6-10-15)13-7-4-3-5-8-13/h13H,3-12,15H2,1-2H3. The average molecular weight is 255 g/mol. The first-order valence-electron chi connectivity index (χ1n) is 7.29. The van der Waals surface area contributed by atoms with Gasteiger partial charge in [-0.25, -0.2) is 0 Å². The van der Waals surface area contributed by atoms with E-state index in [2.05, 4.69) is 4.90 Å². The first kappa shape index (κ1) is 15.4. The molecule has 1 saturated carbocycles. The van der Waals surface area contributed by atoms with Crippen molar-refractivity contribution in [1.82, 2.24) is 9.80 Å². The van der Waals surface area contributed by atoms with Gasteiger partial charge >= 0.3 is 0 Å². The Hall–Kier alpha value is -0.610. The Kier molecular flexibility index (Phi) is 7.28. The van der Waals surface area contributed by atoms with Gasteiger partial charge in [-0.05, 0) is 32.4 Å². The molecule has 0 aromatic heterocycles. The van der Waals surface area contributed by atoms with Crippen LogP contribution < -0.4 is 5.73 Å². The van der Waals surface area contributed by atoms with Crippen LogP contribution in [0.15, 0.2) is 0 Å². The van der Waals surface area contributed by atoms with Gasteiger partial charge in [0.1, 0.15) is 0 Å². The van der Waals surface area contributed by atoms with Gasteiger partial charge in [-0.3, -0.25) is 9.69 Å².